The van der Waals surface area contributed by atoms with Crippen LogP contribution in [0.1, 0.15) is 24.1 Å². The number of aromatic hydroxyl groups is 1. The molecular formula is C28H22IN3O4S. The van der Waals surface area contributed by atoms with Gasteiger partial charge >= 0.3 is 0 Å². The molecule has 0 aliphatic carbocycles. The zero-order valence-corrected chi connectivity index (χ0v) is 22.9. The highest BCUT2D eigenvalue weighted by molar-refractivity contribution is 14.1. The number of amides is 1. The predicted molar refractivity (Wildman–Crippen MR) is 153 cm³/mol. The highest BCUT2D eigenvalue weighted by Gasteiger charge is 2.32. The summed E-state index contributed by atoms with van der Waals surface area (Å²) >= 11 is 3.31. The third-order valence-electron chi connectivity index (χ3n) is 5.98. The van der Waals surface area contributed by atoms with Gasteiger partial charge in [-0.25, -0.2) is 4.99 Å². The predicted octanol–water partition coefficient (Wildman–Crippen LogP) is 4.19. The van der Waals surface area contributed by atoms with Crippen LogP contribution in [0.2, 0.25) is 0 Å². The van der Waals surface area contributed by atoms with Gasteiger partial charge < -0.3 is 15.2 Å². The third kappa shape index (κ3) is 4.96. The molecule has 7 nitrogen and oxygen atoms in total. The minimum atomic E-state index is -0.697. The van der Waals surface area contributed by atoms with Crippen LogP contribution in [0.15, 0.2) is 93.9 Å². The average molecular weight is 623 g/mol. The lowest BCUT2D eigenvalue weighted by atomic mass is 9.95. The molecule has 0 unspecified atom stereocenters. The molecule has 2 heterocycles. The van der Waals surface area contributed by atoms with Gasteiger partial charge in [0.25, 0.3) is 11.5 Å². The molecule has 5 rings (SSSR count). The number of nitrogens with zero attached hydrogens (tertiary/aromatic N) is 2. The highest BCUT2D eigenvalue weighted by Crippen LogP contribution is 2.32. The van der Waals surface area contributed by atoms with Crippen LogP contribution >= 0.6 is 33.9 Å². The quantitative estimate of drug-likeness (QED) is 0.327. The highest BCUT2D eigenvalue weighted by atomic mass is 127. The Kier molecular flexibility index (Phi) is 6.98. The average Bonchev–Trinajstić information content (AvgIpc) is 3.20. The van der Waals surface area contributed by atoms with Crippen molar-refractivity contribution in [1.29, 1.82) is 0 Å². The Hall–Kier alpha value is -3.70. The Labute approximate surface area is 230 Å². The fraction of sp³-hybridized carbons (Fsp3) is 0.107. The van der Waals surface area contributed by atoms with Crippen LogP contribution < -0.4 is 24.9 Å². The lowest BCUT2D eigenvalue weighted by molar-refractivity contribution is -0.113. The molecule has 1 atom stereocenters. The van der Waals surface area contributed by atoms with Crippen molar-refractivity contribution in [2.24, 2.45) is 4.99 Å². The molecule has 37 heavy (non-hydrogen) atoms. The molecular weight excluding hydrogens is 601 g/mol. The number of anilines is 1. The topological polar surface area (TPSA) is 92.9 Å². The number of hydrogen-bond acceptors (Lipinski definition) is 6. The second kappa shape index (κ2) is 10.3. The number of rotatable bonds is 5. The number of carbonyl (C=O) groups excluding carboxylic acids is 1. The molecule has 0 radical (unpaired) electrons. The van der Waals surface area contributed by atoms with Gasteiger partial charge in [-0.3, -0.25) is 14.2 Å². The zero-order chi connectivity index (χ0) is 26.1. The molecule has 9 heteroatoms. The summed E-state index contributed by atoms with van der Waals surface area (Å²) in [7, 11) is 1.58. The second-order valence-electron chi connectivity index (χ2n) is 8.39. The maximum absolute atomic E-state index is 13.8. The SMILES string of the molecule is COc1cccc([C@@H]2C(C(=O)Nc3ccccc3)=C(C)N=c3s/c(=C/c4ccc(O)c(I)c4)c(=O)n32)c1. The minimum Gasteiger partial charge on any atom is -0.507 e. The largest absolute Gasteiger partial charge is 0.507 e. The van der Waals surface area contributed by atoms with Gasteiger partial charge in [0.2, 0.25) is 0 Å². The van der Waals surface area contributed by atoms with Crippen molar-refractivity contribution in [2.45, 2.75) is 13.0 Å². The number of hydrogen-bond donors (Lipinski definition) is 2. The Morgan fingerprint density at radius 1 is 1.14 bits per heavy atom. The van der Waals surface area contributed by atoms with E-state index in [4.69, 9.17) is 4.74 Å². The third-order valence-corrected chi connectivity index (χ3v) is 7.82. The number of phenols is 1. The van der Waals surface area contributed by atoms with Crippen molar-refractivity contribution >= 4 is 51.6 Å². The number of thiazole rings is 1. The first kappa shape index (κ1) is 25.0. The molecule has 0 bridgehead atoms. The number of benzene rings is 3. The molecule has 2 N–H and O–H groups in total. The molecule has 1 aliphatic rings. The van der Waals surface area contributed by atoms with Crippen molar-refractivity contribution in [1.82, 2.24) is 4.57 Å². The van der Waals surface area contributed by atoms with Crippen LogP contribution in [0.3, 0.4) is 0 Å². The van der Waals surface area contributed by atoms with Crippen LogP contribution in [0.5, 0.6) is 11.5 Å². The van der Waals surface area contributed by atoms with Gasteiger partial charge in [0, 0.05) is 5.69 Å². The van der Waals surface area contributed by atoms with Crippen molar-refractivity contribution in [2.75, 3.05) is 12.4 Å². The maximum Gasteiger partial charge on any atom is 0.271 e. The molecule has 0 saturated carbocycles. The summed E-state index contributed by atoms with van der Waals surface area (Å²) in [4.78, 5) is 32.6. The monoisotopic (exact) mass is 623 g/mol. The Morgan fingerprint density at radius 3 is 2.65 bits per heavy atom. The number of fused-ring (bicyclic) bond motifs is 1. The molecule has 1 amide bonds. The lowest BCUT2D eigenvalue weighted by Crippen LogP contribution is -2.40. The number of carbonyl (C=O) groups is 1. The molecule has 1 aliphatic heterocycles. The molecule has 0 fully saturated rings. The van der Waals surface area contributed by atoms with E-state index in [0.717, 1.165) is 11.1 Å². The van der Waals surface area contributed by atoms with Crippen LogP contribution in [-0.4, -0.2) is 22.7 Å². The van der Waals surface area contributed by atoms with Gasteiger partial charge in [-0.15, -0.1) is 0 Å². The van der Waals surface area contributed by atoms with E-state index in [1.54, 1.807) is 42.9 Å². The zero-order valence-electron chi connectivity index (χ0n) is 19.9. The second-order valence-corrected chi connectivity index (χ2v) is 10.6. The normalized spacial score (nSPS) is 15.2. The smallest absolute Gasteiger partial charge is 0.271 e. The van der Waals surface area contributed by atoms with E-state index in [1.807, 2.05) is 77.2 Å². The van der Waals surface area contributed by atoms with E-state index in [0.29, 0.717) is 35.6 Å². The van der Waals surface area contributed by atoms with E-state index in [-0.39, 0.29) is 17.2 Å². The van der Waals surface area contributed by atoms with E-state index >= 15 is 0 Å². The Balaban J connectivity index is 1.69. The molecule has 4 aromatic rings. The van der Waals surface area contributed by atoms with E-state index < -0.39 is 6.04 Å². The van der Waals surface area contributed by atoms with Crippen molar-refractivity contribution in [3.8, 4) is 11.5 Å². The number of ether oxygens (including phenoxy) is 1. The van der Waals surface area contributed by atoms with Crippen molar-refractivity contribution in [3.63, 3.8) is 0 Å². The van der Waals surface area contributed by atoms with Crippen LogP contribution in [0.4, 0.5) is 5.69 Å². The fourth-order valence-electron chi connectivity index (χ4n) is 4.22. The van der Waals surface area contributed by atoms with Crippen molar-refractivity contribution < 1.29 is 14.6 Å². The van der Waals surface area contributed by atoms with E-state index in [9.17, 15) is 14.7 Å². The van der Waals surface area contributed by atoms with Crippen LogP contribution in [0.25, 0.3) is 6.08 Å². The summed E-state index contributed by atoms with van der Waals surface area (Å²) in [6.45, 7) is 1.78. The van der Waals surface area contributed by atoms with Gasteiger partial charge in [-0.2, -0.15) is 0 Å². The first-order valence-electron chi connectivity index (χ1n) is 11.4. The molecule has 0 spiro atoms. The summed E-state index contributed by atoms with van der Waals surface area (Å²) in [5.41, 5.74) is 2.83. The summed E-state index contributed by atoms with van der Waals surface area (Å²) < 4.78 is 8.17. The molecule has 3 aromatic carbocycles. The summed E-state index contributed by atoms with van der Waals surface area (Å²) in [6, 6.07) is 21.0. The number of allylic oxidation sites excluding steroid dienone is 1. The van der Waals surface area contributed by atoms with Gasteiger partial charge in [0.1, 0.15) is 11.5 Å². The summed E-state index contributed by atoms with van der Waals surface area (Å²) in [5.74, 6) is 0.473. The Morgan fingerprint density at radius 2 is 1.92 bits per heavy atom. The fourth-order valence-corrected chi connectivity index (χ4v) is 5.81. The Bertz CT molecular complexity index is 1720. The number of phenolic OH excluding ortho intramolecular Hbond substituents is 1. The first-order valence-corrected chi connectivity index (χ1v) is 13.3. The van der Waals surface area contributed by atoms with Crippen LogP contribution in [0, 0.1) is 3.57 Å². The standard InChI is InChI=1S/C28H22IN3O4S/c1-16-24(26(34)31-19-8-4-3-5-9-19)25(18-7-6-10-20(15-18)36-2)32-27(35)23(37-28(32)30-16)14-17-11-12-22(33)21(29)13-17/h3-15,25,33H,1-2H3,(H,31,34)/b23-14+/t25-/m1/s1. The minimum absolute atomic E-state index is 0.182. The summed E-state index contributed by atoms with van der Waals surface area (Å²) in [6.07, 6.45) is 1.77. The number of methoxy groups -OCH3 is 1. The van der Waals surface area contributed by atoms with Crippen molar-refractivity contribution in [3.05, 3.63) is 118 Å². The lowest BCUT2D eigenvalue weighted by Gasteiger charge is -2.25. The van der Waals surface area contributed by atoms with Gasteiger partial charge in [0.05, 0.1) is 32.5 Å². The molecule has 186 valence electrons. The first-order chi connectivity index (χ1) is 17.9. The van der Waals surface area contributed by atoms with Crippen LogP contribution in [-0.2, 0) is 4.79 Å². The van der Waals surface area contributed by atoms with E-state index in [2.05, 4.69) is 10.3 Å². The number of nitrogens with one attached hydrogen (secondary N) is 1. The number of halogens is 1. The maximum atomic E-state index is 13.8. The number of aromatic nitrogens is 1. The van der Waals surface area contributed by atoms with E-state index in [1.165, 1.54) is 11.3 Å². The summed E-state index contributed by atoms with van der Waals surface area (Å²) in [5, 5.41) is 12.8. The molecule has 1 aromatic heterocycles. The van der Waals surface area contributed by atoms with Gasteiger partial charge in [-0.1, -0.05) is 47.7 Å². The molecule has 0 saturated heterocycles. The number of para-hydroxylation sites is 1. The van der Waals surface area contributed by atoms with Gasteiger partial charge in [-0.05, 0) is 83.1 Å². The van der Waals surface area contributed by atoms with Gasteiger partial charge in [0.15, 0.2) is 4.80 Å².